The number of H-pyrrole nitrogens is 1. The van der Waals surface area contributed by atoms with Gasteiger partial charge in [-0.25, -0.2) is 27.4 Å². The molecule has 13 nitrogen and oxygen atoms in total. The highest BCUT2D eigenvalue weighted by Gasteiger charge is 2.39. The van der Waals surface area contributed by atoms with Gasteiger partial charge < -0.3 is 23.9 Å². The topological polar surface area (TPSA) is 172 Å². The number of alkyl halides is 6. The summed E-state index contributed by atoms with van der Waals surface area (Å²) in [5, 5.41) is 2.43. The van der Waals surface area contributed by atoms with E-state index in [2.05, 4.69) is 15.0 Å². The number of methoxy groups -OCH3 is 1. The maximum Gasteiger partial charge on any atom is 0.417 e. The van der Waals surface area contributed by atoms with Crippen molar-refractivity contribution in [2.75, 3.05) is 45.1 Å². The van der Waals surface area contributed by atoms with Crippen LogP contribution in [0.15, 0.2) is 58.1 Å². The first-order chi connectivity index (χ1) is 26.2. The Kier molecular flexibility index (Phi) is 12.6. The van der Waals surface area contributed by atoms with Crippen LogP contribution in [-0.2, 0) is 42.3 Å². The largest absolute Gasteiger partial charge is 0.465 e. The van der Waals surface area contributed by atoms with Crippen LogP contribution in [0.25, 0.3) is 10.9 Å². The van der Waals surface area contributed by atoms with Crippen molar-refractivity contribution in [1.82, 2.24) is 9.55 Å². The first-order valence-corrected chi connectivity index (χ1v) is 18.9. The number of carbonyl (C=O) groups is 2. The molecule has 1 aromatic heterocycles. The number of nitrogens with one attached hydrogen (secondary N) is 2. The fourth-order valence-corrected chi connectivity index (χ4v) is 6.97. The molecule has 4 aromatic rings. The molecule has 0 radical (unpaired) electrons. The molecule has 2 N–H and O–H groups in total. The van der Waals surface area contributed by atoms with Crippen molar-refractivity contribution < 1.29 is 63.3 Å². The van der Waals surface area contributed by atoms with E-state index in [0.29, 0.717) is 41.7 Å². The highest BCUT2D eigenvalue weighted by molar-refractivity contribution is 7.89. The number of carbonyl (C=O) groups excluding carboxylic acids is 2. The zero-order chi connectivity index (χ0) is 41.2. The van der Waals surface area contributed by atoms with Crippen molar-refractivity contribution in [2.45, 2.75) is 42.9 Å². The zero-order valence-electron chi connectivity index (χ0n) is 29.3. The number of fused-ring (bicyclic) bond motifs is 1. The lowest BCUT2D eigenvalue weighted by Crippen LogP contribution is -2.37. The molecular weight excluding hydrogens is 804 g/mol. The van der Waals surface area contributed by atoms with Crippen molar-refractivity contribution in [2.24, 2.45) is 0 Å². The number of sulfone groups is 1. The molecule has 3 aromatic carbocycles. The molecule has 2 aliphatic heterocycles. The number of anilines is 1. The number of rotatable bonds is 7. The van der Waals surface area contributed by atoms with Gasteiger partial charge in [0, 0.05) is 36.3 Å². The Morgan fingerprint density at radius 2 is 1.46 bits per heavy atom. The molecule has 2 fully saturated rings. The van der Waals surface area contributed by atoms with E-state index in [1.807, 2.05) is 0 Å². The van der Waals surface area contributed by atoms with Crippen LogP contribution in [0.4, 0.5) is 36.8 Å². The summed E-state index contributed by atoms with van der Waals surface area (Å²) in [5.41, 5.74) is -5.03. The molecule has 21 heteroatoms. The summed E-state index contributed by atoms with van der Waals surface area (Å²) in [7, 11) is -2.61. The van der Waals surface area contributed by atoms with E-state index in [1.165, 1.54) is 24.3 Å². The number of nitrogens with zero attached hydrogens (tertiary/aromatic N) is 1. The molecule has 2 atom stereocenters. The fourth-order valence-electron chi connectivity index (χ4n) is 6.14. The molecule has 0 bridgehead atoms. The van der Waals surface area contributed by atoms with Crippen molar-refractivity contribution in [3.8, 4) is 5.75 Å². The Balaban J connectivity index is 0.000000216. The molecule has 1 amide bonds. The number of ether oxygens (including phenoxy) is 4. The third-order valence-electron chi connectivity index (χ3n) is 8.72. The van der Waals surface area contributed by atoms with Crippen LogP contribution < -0.4 is 21.3 Å². The number of amides is 1. The lowest BCUT2D eigenvalue weighted by Gasteiger charge is -2.20. The van der Waals surface area contributed by atoms with Crippen LogP contribution in [0.5, 0.6) is 5.75 Å². The normalized spacial score (nSPS) is 17.3. The second-order valence-electron chi connectivity index (χ2n) is 12.8. The summed E-state index contributed by atoms with van der Waals surface area (Å²) in [6.45, 7) is 0.831. The van der Waals surface area contributed by atoms with Crippen LogP contribution in [0, 0.1) is 0 Å². The predicted octanol–water partition coefficient (Wildman–Crippen LogP) is 6.47. The van der Waals surface area contributed by atoms with Crippen molar-refractivity contribution >= 4 is 50.1 Å². The van der Waals surface area contributed by atoms with Gasteiger partial charge in [-0.3, -0.25) is 10.1 Å². The van der Waals surface area contributed by atoms with Crippen molar-refractivity contribution in [3.63, 3.8) is 0 Å². The average Bonchev–Trinajstić information content (AvgIpc) is 3.85. The Morgan fingerprint density at radius 3 is 1.96 bits per heavy atom. The first-order valence-electron chi connectivity index (χ1n) is 16.4. The standard InChI is InChI=1S/C20H17ClF3NO5.C15H15F3N2O5S/c1-28-18(26)15-8-14(11-6-7-29-10-11)16(20(22,23)24)9-17(15)25-19(27)30-13-4-2-12(21)3-5-13;1-26(23,24)7-20-13(21)10-4-9(8-2-3-25-6-8)11(15(16,17)18)5-12(10)19-14(20)22/h2-5,8-9,11H,6-7,10H2,1H3,(H,25,27);4-5,8H,2-3,6-7H2,1H3,(H,19,22). The van der Waals surface area contributed by atoms with Gasteiger partial charge in [-0.2, -0.15) is 26.3 Å². The van der Waals surface area contributed by atoms with Gasteiger partial charge in [0.25, 0.3) is 5.56 Å². The van der Waals surface area contributed by atoms with Crippen LogP contribution >= 0.6 is 11.6 Å². The van der Waals surface area contributed by atoms with E-state index in [4.69, 9.17) is 25.8 Å². The molecule has 56 heavy (non-hydrogen) atoms. The van der Waals surface area contributed by atoms with E-state index < -0.39 is 74.3 Å². The quantitative estimate of drug-likeness (QED) is 0.155. The summed E-state index contributed by atoms with van der Waals surface area (Å²) in [4.78, 5) is 51.1. The van der Waals surface area contributed by atoms with Gasteiger partial charge in [0.15, 0.2) is 9.84 Å². The molecule has 0 spiro atoms. The fraction of sp³-hybridized carbons (Fsp3) is 0.371. The van der Waals surface area contributed by atoms with Gasteiger partial charge in [0.05, 0.1) is 53.6 Å². The lowest BCUT2D eigenvalue weighted by molar-refractivity contribution is -0.139. The Hall–Kier alpha value is -4.92. The minimum Gasteiger partial charge on any atom is -0.465 e. The smallest absolute Gasteiger partial charge is 0.417 e. The summed E-state index contributed by atoms with van der Waals surface area (Å²) in [5.74, 6) is -2.70. The number of aromatic amines is 1. The third kappa shape index (κ3) is 10.1. The highest BCUT2D eigenvalue weighted by Crippen LogP contribution is 2.41. The van der Waals surface area contributed by atoms with Gasteiger partial charge in [-0.05, 0) is 72.5 Å². The average molecular weight is 836 g/mol. The molecule has 3 heterocycles. The maximum atomic E-state index is 13.7. The van der Waals surface area contributed by atoms with Gasteiger partial charge in [0.2, 0.25) is 0 Å². The number of hydrogen-bond acceptors (Lipinski definition) is 10. The summed E-state index contributed by atoms with van der Waals surface area (Å²) < 4.78 is 125. The molecular formula is C35H32ClF6N3O10S. The van der Waals surface area contributed by atoms with Gasteiger partial charge in [-0.15, -0.1) is 0 Å². The SMILES string of the molecule is COC(=O)c1cc(C2CCOC2)c(C(F)(F)F)cc1NC(=O)Oc1ccc(Cl)cc1.CS(=O)(=O)Cn1c(=O)[nH]c2cc(C(F)(F)F)c(C3CCOC3)cc2c1=O. The maximum absolute atomic E-state index is 13.7. The van der Waals surface area contributed by atoms with Crippen LogP contribution in [-0.4, -0.2) is 69.8 Å². The number of aromatic nitrogens is 2. The Bertz CT molecular complexity index is 2350. The van der Waals surface area contributed by atoms with E-state index in [-0.39, 0.29) is 52.2 Å². The van der Waals surface area contributed by atoms with E-state index in [1.54, 1.807) is 0 Å². The van der Waals surface area contributed by atoms with Gasteiger partial charge >= 0.3 is 30.1 Å². The van der Waals surface area contributed by atoms with Crippen LogP contribution in [0.3, 0.4) is 0 Å². The monoisotopic (exact) mass is 835 g/mol. The Morgan fingerprint density at radius 1 is 0.911 bits per heavy atom. The van der Waals surface area contributed by atoms with Gasteiger partial charge in [-0.1, -0.05) is 11.6 Å². The van der Waals surface area contributed by atoms with Crippen molar-refractivity contribution in [1.29, 1.82) is 0 Å². The molecule has 2 aliphatic rings. The highest BCUT2D eigenvalue weighted by atomic mass is 35.5. The number of halogens is 7. The molecule has 2 unspecified atom stereocenters. The van der Waals surface area contributed by atoms with Crippen molar-refractivity contribution in [3.05, 3.63) is 102 Å². The molecule has 0 aliphatic carbocycles. The van der Waals surface area contributed by atoms with Crippen LogP contribution in [0.1, 0.15) is 57.3 Å². The molecule has 2 saturated heterocycles. The summed E-state index contributed by atoms with van der Waals surface area (Å²) in [6, 6.07) is 9.37. The second kappa shape index (κ2) is 16.7. The number of hydrogen-bond donors (Lipinski definition) is 2. The van der Waals surface area contributed by atoms with Crippen LogP contribution in [0.2, 0.25) is 5.02 Å². The number of benzene rings is 3. The second-order valence-corrected chi connectivity index (χ2v) is 15.3. The minimum atomic E-state index is -4.71. The Labute approximate surface area is 318 Å². The first kappa shape index (κ1) is 42.2. The third-order valence-corrected chi connectivity index (χ3v) is 9.70. The molecule has 6 rings (SSSR count). The summed E-state index contributed by atoms with van der Waals surface area (Å²) in [6.07, 6.45) is -8.86. The van der Waals surface area contributed by atoms with E-state index >= 15 is 0 Å². The summed E-state index contributed by atoms with van der Waals surface area (Å²) >= 11 is 5.76. The minimum absolute atomic E-state index is 0.0861. The van der Waals surface area contributed by atoms with Gasteiger partial charge in [0.1, 0.15) is 11.6 Å². The van der Waals surface area contributed by atoms with E-state index in [9.17, 15) is 53.9 Å². The lowest BCUT2D eigenvalue weighted by atomic mass is 9.90. The zero-order valence-corrected chi connectivity index (χ0v) is 30.9. The molecule has 302 valence electrons. The van der Waals surface area contributed by atoms with E-state index in [0.717, 1.165) is 31.6 Å². The number of esters is 1. The molecule has 0 saturated carbocycles. The predicted molar refractivity (Wildman–Crippen MR) is 189 cm³/mol.